The van der Waals surface area contributed by atoms with Gasteiger partial charge < -0.3 is 5.11 Å². The maximum atomic E-state index is 13.2. The third-order valence-electron chi connectivity index (χ3n) is 3.12. The Bertz CT molecular complexity index is 571. The van der Waals surface area contributed by atoms with Gasteiger partial charge in [-0.1, -0.05) is 29.8 Å². The zero-order valence-electron chi connectivity index (χ0n) is 11.0. The van der Waals surface area contributed by atoms with Crippen LogP contribution in [0.5, 0.6) is 0 Å². The molecule has 2 aromatic carbocycles. The number of rotatable bonds is 3. The molecular weight excluding hydrogens is 246 g/mol. The first-order chi connectivity index (χ1) is 8.87. The topological polar surface area (TPSA) is 20.2 Å². The minimum Gasteiger partial charge on any atom is -0.385 e. The normalized spacial score (nSPS) is 14.2. The molecule has 0 aromatic heterocycles. The van der Waals surface area contributed by atoms with Gasteiger partial charge in [-0.2, -0.15) is 0 Å². The van der Waals surface area contributed by atoms with Crippen LogP contribution in [-0.4, -0.2) is 5.11 Å². The molecule has 19 heavy (non-hydrogen) atoms. The minimum atomic E-state index is -1.31. The number of hydrogen-bond acceptors (Lipinski definition) is 1. The van der Waals surface area contributed by atoms with Crippen molar-refractivity contribution in [2.24, 2.45) is 0 Å². The van der Waals surface area contributed by atoms with Gasteiger partial charge in [0.25, 0.3) is 0 Å². The van der Waals surface area contributed by atoms with Crippen LogP contribution in [0, 0.1) is 18.6 Å². The zero-order chi connectivity index (χ0) is 14.0. The summed E-state index contributed by atoms with van der Waals surface area (Å²) in [5.41, 5.74) is 0.941. The van der Waals surface area contributed by atoms with E-state index in [0.29, 0.717) is 6.42 Å². The Hall–Kier alpha value is -1.74. The average Bonchev–Trinajstić information content (AvgIpc) is 2.26. The van der Waals surface area contributed by atoms with Crippen LogP contribution in [0.2, 0.25) is 0 Å². The van der Waals surface area contributed by atoms with E-state index in [4.69, 9.17) is 0 Å². The average molecular weight is 262 g/mol. The molecule has 0 saturated carbocycles. The van der Waals surface area contributed by atoms with E-state index in [9.17, 15) is 13.9 Å². The van der Waals surface area contributed by atoms with Crippen LogP contribution >= 0.6 is 0 Å². The molecule has 1 unspecified atom stereocenters. The summed E-state index contributed by atoms with van der Waals surface area (Å²) in [7, 11) is 0. The molecule has 0 spiro atoms. The van der Waals surface area contributed by atoms with Gasteiger partial charge in [-0.25, -0.2) is 8.78 Å². The van der Waals surface area contributed by atoms with Gasteiger partial charge in [0.1, 0.15) is 11.6 Å². The SMILES string of the molecule is Cc1cccc(CC(C)(O)c2cc(F)cc(F)c2)c1. The van der Waals surface area contributed by atoms with Crippen molar-refractivity contribution in [3.63, 3.8) is 0 Å². The van der Waals surface area contributed by atoms with Crippen molar-refractivity contribution < 1.29 is 13.9 Å². The van der Waals surface area contributed by atoms with E-state index >= 15 is 0 Å². The first-order valence-corrected chi connectivity index (χ1v) is 6.11. The number of aliphatic hydroxyl groups is 1. The summed E-state index contributed by atoms with van der Waals surface area (Å²) >= 11 is 0. The molecule has 0 aliphatic rings. The lowest BCUT2D eigenvalue weighted by Gasteiger charge is -2.24. The highest BCUT2D eigenvalue weighted by atomic mass is 19.1. The Labute approximate surface area is 111 Å². The van der Waals surface area contributed by atoms with Crippen LogP contribution in [0.4, 0.5) is 8.78 Å². The molecule has 0 radical (unpaired) electrons. The van der Waals surface area contributed by atoms with E-state index in [1.165, 1.54) is 12.1 Å². The summed E-state index contributed by atoms with van der Waals surface area (Å²) in [6, 6.07) is 10.8. The summed E-state index contributed by atoms with van der Waals surface area (Å²) in [5, 5.41) is 10.4. The second kappa shape index (κ2) is 5.10. The highest BCUT2D eigenvalue weighted by molar-refractivity contribution is 5.29. The molecule has 2 aromatic rings. The van der Waals surface area contributed by atoms with Crippen molar-refractivity contribution in [3.05, 3.63) is 70.8 Å². The molecule has 0 bridgehead atoms. The lowest BCUT2D eigenvalue weighted by Crippen LogP contribution is -2.24. The largest absolute Gasteiger partial charge is 0.385 e. The Morgan fingerprint density at radius 1 is 1.05 bits per heavy atom. The van der Waals surface area contributed by atoms with E-state index in [1.807, 2.05) is 31.2 Å². The summed E-state index contributed by atoms with van der Waals surface area (Å²) in [6.45, 7) is 3.52. The van der Waals surface area contributed by atoms with E-state index in [2.05, 4.69) is 0 Å². The van der Waals surface area contributed by atoms with Crippen LogP contribution in [-0.2, 0) is 12.0 Å². The molecule has 3 heteroatoms. The van der Waals surface area contributed by atoms with Gasteiger partial charge in [0.15, 0.2) is 0 Å². The van der Waals surface area contributed by atoms with E-state index < -0.39 is 17.2 Å². The molecule has 1 N–H and O–H groups in total. The Balaban J connectivity index is 2.31. The molecule has 100 valence electrons. The van der Waals surface area contributed by atoms with Gasteiger partial charge in [0.2, 0.25) is 0 Å². The van der Waals surface area contributed by atoms with Crippen molar-refractivity contribution in [1.29, 1.82) is 0 Å². The van der Waals surface area contributed by atoms with Crippen LogP contribution in [0.1, 0.15) is 23.6 Å². The fraction of sp³-hybridized carbons (Fsp3) is 0.250. The highest BCUT2D eigenvalue weighted by Crippen LogP contribution is 2.27. The van der Waals surface area contributed by atoms with Crippen molar-refractivity contribution in [2.75, 3.05) is 0 Å². The van der Waals surface area contributed by atoms with Crippen molar-refractivity contribution in [2.45, 2.75) is 25.9 Å². The van der Waals surface area contributed by atoms with E-state index in [-0.39, 0.29) is 5.56 Å². The molecule has 1 atom stereocenters. The molecule has 0 aliphatic heterocycles. The predicted molar refractivity (Wildman–Crippen MR) is 70.8 cm³/mol. The van der Waals surface area contributed by atoms with Crippen LogP contribution in [0.3, 0.4) is 0 Å². The van der Waals surface area contributed by atoms with Gasteiger partial charge in [-0.3, -0.25) is 0 Å². The molecule has 0 aliphatic carbocycles. The number of aryl methyl sites for hydroxylation is 1. The number of benzene rings is 2. The van der Waals surface area contributed by atoms with Crippen LogP contribution < -0.4 is 0 Å². The summed E-state index contributed by atoms with van der Waals surface area (Å²) in [6.07, 6.45) is 0.303. The van der Waals surface area contributed by atoms with Crippen molar-refractivity contribution in [3.8, 4) is 0 Å². The highest BCUT2D eigenvalue weighted by Gasteiger charge is 2.25. The van der Waals surface area contributed by atoms with Crippen LogP contribution in [0.25, 0.3) is 0 Å². The molecule has 0 fully saturated rings. The number of hydrogen-bond donors (Lipinski definition) is 1. The fourth-order valence-electron chi connectivity index (χ4n) is 2.19. The minimum absolute atomic E-state index is 0.242. The summed E-state index contributed by atoms with van der Waals surface area (Å²) < 4.78 is 26.4. The number of halogens is 2. The molecule has 2 rings (SSSR count). The second-order valence-corrected chi connectivity index (χ2v) is 5.10. The van der Waals surface area contributed by atoms with E-state index in [1.54, 1.807) is 6.92 Å². The summed E-state index contributed by atoms with van der Waals surface area (Å²) in [4.78, 5) is 0. The Morgan fingerprint density at radius 2 is 1.68 bits per heavy atom. The molecule has 1 nitrogen and oxygen atoms in total. The third-order valence-corrected chi connectivity index (χ3v) is 3.12. The monoisotopic (exact) mass is 262 g/mol. The fourth-order valence-corrected chi connectivity index (χ4v) is 2.19. The van der Waals surface area contributed by atoms with Gasteiger partial charge in [-0.15, -0.1) is 0 Å². The zero-order valence-corrected chi connectivity index (χ0v) is 11.0. The first-order valence-electron chi connectivity index (χ1n) is 6.11. The van der Waals surface area contributed by atoms with Gasteiger partial charge >= 0.3 is 0 Å². The van der Waals surface area contributed by atoms with Gasteiger partial charge in [0.05, 0.1) is 5.60 Å². The Morgan fingerprint density at radius 3 is 2.26 bits per heavy atom. The molecule has 0 saturated heterocycles. The van der Waals surface area contributed by atoms with Crippen molar-refractivity contribution in [1.82, 2.24) is 0 Å². The second-order valence-electron chi connectivity index (χ2n) is 5.10. The lowest BCUT2D eigenvalue weighted by atomic mass is 9.88. The van der Waals surface area contributed by atoms with E-state index in [0.717, 1.165) is 17.2 Å². The molecule has 0 heterocycles. The maximum absolute atomic E-state index is 13.2. The standard InChI is InChI=1S/C16H16F2O/c1-11-4-3-5-12(6-11)10-16(2,19)13-7-14(17)9-15(18)8-13/h3-9,19H,10H2,1-2H3. The molecular formula is C16H16F2O. The first kappa shape index (κ1) is 13.7. The van der Waals surface area contributed by atoms with Gasteiger partial charge in [-0.05, 0) is 37.1 Å². The lowest BCUT2D eigenvalue weighted by molar-refractivity contribution is 0.0569. The third kappa shape index (κ3) is 3.38. The van der Waals surface area contributed by atoms with Crippen LogP contribution in [0.15, 0.2) is 42.5 Å². The smallest absolute Gasteiger partial charge is 0.126 e. The van der Waals surface area contributed by atoms with Gasteiger partial charge in [0, 0.05) is 12.5 Å². The Kier molecular flexibility index (Phi) is 3.67. The summed E-state index contributed by atoms with van der Waals surface area (Å²) in [5.74, 6) is -1.36. The maximum Gasteiger partial charge on any atom is 0.126 e. The predicted octanol–water partition coefficient (Wildman–Crippen LogP) is 3.72. The van der Waals surface area contributed by atoms with Crippen molar-refractivity contribution >= 4 is 0 Å². The quantitative estimate of drug-likeness (QED) is 0.893. The molecule has 0 amide bonds.